The van der Waals surface area contributed by atoms with Crippen molar-refractivity contribution in [3.05, 3.63) is 95.6 Å². The number of rotatable bonds is 11. The van der Waals surface area contributed by atoms with Crippen LogP contribution in [0.2, 0.25) is 0 Å². The molecular formula is C31H38N2OS. The smallest absolute Gasteiger partial charge is 0.119 e. The van der Waals surface area contributed by atoms with Gasteiger partial charge in [-0.15, -0.1) is 11.8 Å². The Balaban J connectivity index is 1.42. The second kappa shape index (κ2) is 12.2. The summed E-state index contributed by atoms with van der Waals surface area (Å²) in [5, 5.41) is 7.67. The molecule has 3 aromatic rings. The Bertz CT molecular complexity index is 1150. The van der Waals surface area contributed by atoms with Crippen LogP contribution in [0, 0.1) is 0 Å². The van der Waals surface area contributed by atoms with E-state index in [1.807, 2.05) is 42.1 Å². The van der Waals surface area contributed by atoms with E-state index in [4.69, 9.17) is 4.74 Å². The van der Waals surface area contributed by atoms with Crippen LogP contribution in [-0.4, -0.2) is 36.9 Å². The Morgan fingerprint density at radius 3 is 2.66 bits per heavy atom. The van der Waals surface area contributed by atoms with Crippen LogP contribution in [0.1, 0.15) is 39.2 Å². The largest absolute Gasteiger partial charge is 0.492 e. The average molecular weight is 487 g/mol. The van der Waals surface area contributed by atoms with E-state index in [0.29, 0.717) is 6.61 Å². The molecule has 0 aliphatic carbocycles. The SMILES string of the molecule is CCCNc1ccc2ccccc2c1C(C)(C)C/C=C/C=C1\SCCN1CCOc1ccccc1. The molecule has 1 saturated heterocycles. The van der Waals surface area contributed by atoms with Gasteiger partial charge in [0.05, 0.1) is 11.6 Å². The molecular weight excluding hydrogens is 448 g/mol. The second-order valence-electron chi connectivity index (χ2n) is 9.65. The maximum atomic E-state index is 5.91. The highest BCUT2D eigenvalue weighted by Crippen LogP contribution is 2.39. The Labute approximate surface area is 215 Å². The van der Waals surface area contributed by atoms with Crippen molar-refractivity contribution < 1.29 is 4.74 Å². The molecule has 1 N–H and O–H groups in total. The monoisotopic (exact) mass is 486 g/mol. The number of nitrogens with one attached hydrogen (secondary N) is 1. The summed E-state index contributed by atoms with van der Waals surface area (Å²) in [6.45, 7) is 10.6. The molecule has 3 aromatic carbocycles. The first-order chi connectivity index (χ1) is 17.1. The topological polar surface area (TPSA) is 24.5 Å². The van der Waals surface area contributed by atoms with Crippen molar-refractivity contribution in [2.24, 2.45) is 0 Å². The molecule has 4 rings (SSSR count). The number of para-hydroxylation sites is 1. The summed E-state index contributed by atoms with van der Waals surface area (Å²) in [6, 6.07) is 23.3. The fourth-order valence-electron chi connectivity index (χ4n) is 4.65. The summed E-state index contributed by atoms with van der Waals surface area (Å²) in [5.74, 6) is 2.08. The van der Waals surface area contributed by atoms with Gasteiger partial charge in [-0.1, -0.05) is 81.5 Å². The summed E-state index contributed by atoms with van der Waals surface area (Å²) in [6.07, 6.45) is 8.94. The van der Waals surface area contributed by atoms with Crippen LogP contribution in [0.15, 0.2) is 90.0 Å². The van der Waals surface area contributed by atoms with E-state index >= 15 is 0 Å². The standard InChI is InChI=1S/C31H38N2OS/c1-4-20-32-28-18-17-25-12-8-9-15-27(25)30(28)31(2,3)19-11-10-16-29-33(22-24-35-29)21-23-34-26-13-6-5-7-14-26/h5-18,32H,4,19-24H2,1-3H3/b11-10+,29-16-. The van der Waals surface area contributed by atoms with Crippen molar-refractivity contribution in [3.63, 3.8) is 0 Å². The molecule has 35 heavy (non-hydrogen) atoms. The molecule has 0 amide bonds. The van der Waals surface area contributed by atoms with Gasteiger partial charge in [0.1, 0.15) is 12.4 Å². The van der Waals surface area contributed by atoms with E-state index in [1.165, 1.54) is 27.1 Å². The van der Waals surface area contributed by atoms with Crippen LogP contribution < -0.4 is 10.1 Å². The molecule has 1 aliphatic heterocycles. The number of ether oxygens (including phenoxy) is 1. The zero-order valence-electron chi connectivity index (χ0n) is 21.3. The van der Waals surface area contributed by atoms with Crippen LogP contribution in [0.4, 0.5) is 5.69 Å². The summed E-state index contributed by atoms with van der Waals surface area (Å²) < 4.78 is 5.91. The van der Waals surface area contributed by atoms with Gasteiger partial charge < -0.3 is 15.0 Å². The fourth-order valence-corrected chi connectivity index (χ4v) is 5.71. The lowest BCUT2D eigenvalue weighted by Gasteiger charge is -2.29. The minimum absolute atomic E-state index is 0.0119. The Kier molecular flexibility index (Phi) is 8.81. The lowest BCUT2D eigenvalue weighted by atomic mass is 9.78. The highest BCUT2D eigenvalue weighted by Gasteiger charge is 2.25. The third kappa shape index (κ3) is 6.64. The maximum Gasteiger partial charge on any atom is 0.119 e. The van der Waals surface area contributed by atoms with Gasteiger partial charge in [-0.2, -0.15) is 0 Å². The predicted molar refractivity (Wildman–Crippen MR) is 154 cm³/mol. The number of hydrogen-bond acceptors (Lipinski definition) is 4. The third-order valence-electron chi connectivity index (χ3n) is 6.47. The van der Waals surface area contributed by atoms with E-state index in [0.717, 1.165) is 44.0 Å². The number of thioether (sulfide) groups is 1. The molecule has 0 aromatic heterocycles. The summed E-state index contributed by atoms with van der Waals surface area (Å²) in [5.41, 5.74) is 2.69. The molecule has 184 valence electrons. The lowest BCUT2D eigenvalue weighted by molar-refractivity contribution is 0.261. The molecule has 0 unspecified atom stereocenters. The molecule has 4 heteroatoms. The molecule has 1 heterocycles. The van der Waals surface area contributed by atoms with E-state index in [-0.39, 0.29) is 5.41 Å². The van der Waals surface area contributed by atoms with Crippen molar-refractivity contribution in [2.45, 2.75) is 39.0 Å². The molecule has 1 aliphatic rings. The molecule has 0 bridgehead atoms. The molecule has 1 fully saturated rings. The van der Waals surface area contributed by atoms with E-state index < -0.39 is 0 Å². The third-order valence-corrected chi connectivity index (χ3v) is 7.55. The predicted octanol–water partition coefficient (Wildman–Crippen LogP) is 7.85. The average Bonchev–Trinajstić information content (AvgIpc) is 3.32. The Hall–Kier alpha value is -2.85. The molecule has 3 nitrogen and oxygen atoms in total. The van der Waals surface area contributed by atoms with E-state index in [9.17, 15) is 0 Å². The van der Waals surface area contributed by atoms with Crippen LogP contribution in [0.25, 0.3) is 10.8 Å². The van der Waals surface area contributed by atoms with E-state index in [2.05, 4.69) is 85.6 Å². The number of allylic oxidation sites excluding steroid dienone is 3. The van der Waals surface area contributed by atoms with Gasteiger partial charge in [0.15, 0.2) is 0 Å². The van der Waals surface area contributed by atoms with Gasteiger partial charge in [-0.25, -0.2) is 0 Å². The van der Waals surface area contributed by atoms with Gasteiger partial charge >= 0.3 is 0 Å². The van der Waals surface area contributed by atoms with Gasteiger partial charge in [-0.05, 0) is 58.9 Å². The van der Waals surface area contributed by atoms with Crippen LogP contribution >= 0.6 is 11.8 Å². The van der Waals surface area contributed by atoms with Crippen molar-refractivity contribution >= 4 is 28.2 Å². The first kappa shape index (κ1) is 25.2. The number of fused-ring (bicyclic) bond motifs is 1. The Morgan fingerprint density at radius 2 is 1.83 bits per heavy atom. The highest BCUT2D eigenvalue weighted by molar-refractivity contribution is 8.03. The second-order valence-corrected chi connectivity index (χ2v) is 10.8. The normalized spacial score (nSPS) is 15.4. The number of benzene rings is 3. The molecule has 0 radical (unpaired) electrons. The van der Waals surface area contributed by atoms with Crippen molar-refractivity contribution in [2.75, 3.05) is 37.3 Å². The zero-order valence-corrected chi connectivity index (χ0v) is 22.1. The van der Waals surface area contributed by atoms with Crippen molar-refractivity contribution in [1.29, 1.82) is 0 Å². The van der Waals surface area contributed by atoms with Crippen molar-refractivity contribution in [1.82, 2.24) is 4.90 Å². The zero-order chi connectivity index (χ0) is 24.5. The molecule has 0 spiro atoms. The fraction of sp³-hybridized carbons (Fsp3) is 0.355. The van der Waals surface area contributed by atoms with Gasteiger partial charge in [-0.3, -0.25) is 0 Å². The minimum atomic E-state index is 0.0119. The van der Waals surface area contributed by atoms with Gasteiger partial charge in [0.25, 0.3) is 0 Å². The number of hydrogen-bond donors (Lipinski definition) is 1. The molecule has 0 saturated carbocycles. The summed E-state index contributed by atoms with van der Waals surface area (Å²) >= 11 is 1.93. The quantitative estimate of drug-likeness (QED) is 0.298. The minimum Gasteiger partial charge on any atom is -0.492 e. The maximum absolute atomic E-state index is 5.91. The van der Waals surface area contributed by atoms with Gasteiger partial charge in [0.2, 0.25) is 0 Å². The summed E-state index contributed by atoms with van der Waals surface area (Å²) in [7, 11) is 0. The van der Waals surface area contributed by atoms with Crippen molar-refractivity contribution in [3.8, 4) is 5.75 Å². The van der Waals surface area contributed by atoms with Gasteiger partial charge in [0, 0.05) is 24.5 Å². The van der Waals surface area contributed by atoms with E-state index in [1.54, 1.807) is 0 Å². The first-order valence-corrected chi connectivity index (χ1v) is 13.8. The number of nitrogens with zero attached hydrogens (tertiary/aromatic N) is 1. The van der Waals surface area contributed by atoms with Crippen LogP contribution in [0.5, 0.6) is 5.75 Å². The summed E-state index contributed by atoms with van der Waals surface area (Å²) in [4.78, 5) is 2.43. The number of anilines is 1. The first-order valence-electron chi connectivity index (χ1n) is 12.8. The van der Waals surface area contributed by atoms with Crippen LogP contribution in [0.3, 0.4) is 0 Å². The molecule has 0 atom stereocenters. The highest BCUT2D eigenvalue weighted by atomic mass is 32.2. The Morgan fingerprint density at radius 1 is 1.03 bits per heavy atom. The lowest BCUT2D eigenvalue weighted by Crippen LogP contribution is -2.24. The van der Waals surface area contributed by atoms with Crippen LogP contribution in [-0.2, 0) is 5.41 Å².